The molecule has 2 aliphatic rings. The third kappa shape index (κ3) is 3.65. The normalized spacial score (nSPS) is 35.0. The molecule has 2 heterocycles. The van der Waals surface area contributed by atoms with Crippen molar-refractivity contribution in [3.05, 3.63) is 0 Å². The summed E-state index contributed by atoms with van der Waals surface area (Å²) in [6.45, 7) is 6.21. The van der Waals surface area contributed by atoms with E-state index in [1.165, 1.54) is 56.8 Å². The average molecular weight is 228 g/mol. The SMILES string of the molecule is CC1CCCCCN1CC1CSCCN1. The highest BCUT2D eigenvalue weighted by Crippen LogP contribution is 2.18. The van der Waals surface area contributed by atoms with Crippen LogP contribution in [0.4, 0.5) is 0 Å². The summed E-state index contributed by atoms with van der Waals surface area (Å²) in [4.78, 5) is 2.70. The number of nitrogens with one attached hydrogen (secondary N) is 1. The Balaban J connectivity index is 1.79. The Morgan fingerprint density at radius 3 is 3.07 bits per heavy atom. The number of likely N-dealkylation sites (tertiary alicyclic amines) is 1. The van der Waals surface area contributed by atoms with Crippen LogP contribution < -0.4 is 5.32 Å². The van der Waals surface area contributed by atoms with Crippen LogP contribution in [0.25, 0.3) is 0 Å². The van der Waals surface area contributed by atoms with E-state index in [9.17, 15) is 0 Å². The fourth-order valence-electron chi connectivity index (χ4n) is 2.63. The van der Waals surface area contributed by atoms with Gasteiger partial charge in [-0.1, -0.05) is 12.8 Å². The molecule has 2 fully saturated rings. The van der Waals surface area contributed by atoms with Gasteiger partial charge in [0.15, 0.2) is 0 Å². The van der Waals surface area contributed by atoms with Gasteiger partial charge < -0.3 is 5.32 Å². The molecule has 0 aromatic carbocycles. The van der Waals surface area contributed by atoms with E-state index in [1.807, 2.05) is 0 Å². The highest BCUT2D eigenvalue weighted by atomic mass is 32.2. The van der Waals surface area contributed by atoms with Crippen LogP contribution in [0.3, 0.4) is 0 Å². The van der Waals surface area contributed by atoms with E-state index in [0.717, 1.165) is 12.1 Å². The second-order valence-corrected chi connectivity index (χ2v) is 6.07. The van der Waals surface area contributed by atoms with Crippen LogP contribution in [-0.4, -0.2) is 48.1 Å². The molecule has 0 aromatic heterocycles. The van der Waals surface area contributed by atoms with Crippen LogP contribution in [0.15, 0.2) is 0 Å². The molecule has 2 rings (SSSR count). The van der Waals surface area contributed by atoms with E-state index in [0.29, 0.717) is 0 Å². The Bertz CT molecular complexity index is 180. The van der Waals surface area contributed by atoms with Gasteiger partial charge in [0.2, 0.25) is 0 Å². The highest BCUT2D eigenvalue weighted by molar-refractivity contribution is 7.99. The van der Waals surface area contributed by atoms with Crippen LogP contribution in [0.5, 0.6) is 0 Å². The van der Waals surface area contributed by atoms with E-state index < -0.39 is 0 Å². The van der Waals surface area contributed by atoms with Gasteiger partial charge in [-0.3, -0.25) is 4.90 Å². The molecule has 3 heteroatoms. The number of hydrogen-bond acceptors (Lipinski definition) is 3. The van der Waals surface area contributed by atoms with Crippen molar-refractivity contribution in [1.82, 2.24) is 10.2 Å². The molecule has 1 N–H and O–H groups in total. The van der Waals surface area contributed by atoms with Gasteiger partial charge in [0, 0.05) is 36.7 Å². The predicted octanol–water partition coefficient (Wildman–Crippen LogP) is 1.96. The molecule has 0 aromatic rings. The first kappa shape index (κ1) is 11.7. The van der Waals surface area contributed by atoms with Crippen molar-refractivity contribution in [1.29, 1.82) is 0 Å². The van der Waals surface area contributed by atoms with Crippen molar-refractivity contribution in [3.8, 4) is 0 Å². The summed E-state index contributed by atoms with van der Waals surface area (Å²) >= 11 is 2.11. The maximum absolute atomic E-state index is 3.64. The van der Waals surface area contributed by atoms with Crippen molar-refractivity contribution < 1.29 is 0 Å². The van der Waals surface area contributed by atoms with Gasteiger partial charge in [-0.05, 0) is 26.3 Å². The Morgan fingerprint density at radius 2 is 2.27 bits per heavy atom. The van der Waals surface area contributed by atoms with E-state index in [1.54, 1.807) is 0 Å². The lowest BCUT2D eigenvalue weighted by molar-refractivity contribution is 0.195. The zero-order chi connectivity index (χ0) is 10.5. The molecule has 88 valence electrons. The van der Waals surface area contributed by atoms with E-state index >= 15 is 0 Å². The Labute approximate surface area is 98.2 Å². The maximum Gasteiger partial charge on any atom is 0.0286 e. The summed E-state index contributed by atoms with van der Waals surface area (Å²) < 4.78 is 0. The van der Waals surface area contributed by atoms with Crippen molar-refractivity contribution in [2.24, 2.45) is 0 Å². The van der Waals surface area contributed by atoms with Gasteiger partial charge >= 0.3 is 0 Å². The average Bonchev–Trinajstić information content (AvgIpc) is 2.46. The molecule has 0 bridgehead atoms. The monoisotopic (exact) mass is 228 g/mol. The fourth-order valence-corrected chi connectivity index (χ4v) is 3.56. The predicted molar refractivity (Wildman–Crippen MR) is 68.6 cm³/mol. The van der Waals surface area contributed by atoms with E-state index in [2.05, 4.69) is 28.9 Å². The van der Waals surface area contributed by atoms with E-state index in [4.69, 9.17) is 0 Å². The third-order valence-corrected chi connectivity index (χ3v) is 4.77. The Morgan fingerprint density at radius 1 is 1.33 bits per heavy atom. The zero-order valence-electron chi connectivity index (χ0n) is 9.87. The topological polar surface area (TPSA) is 15.3 Å². The molecular formula is C12H24N2S. The number of nitrogens with zero attached hydrogens (tertiary/aromatic N) is 1. The lowest BCUT2D eigenvalue weighted by atomic mass is 10.1. The van der Waals surface area contributed by atoms with Crippen LogP contribution in [0.1, 0.15) is 32.6 Å². The molecule has 2 aliphatic heterocycles. The van der Waals surface area contributed by atoms with Gasteiger partial charge in [0.25, 0.3) is 0 Å². The minimum absolute atomic E-state index is 0.740. The largest absolute Gasteiger partial charge is 0.311 e. The standard InChI is InChI=1S/C12H24N2S/c1-11-5-3-2-4-7-14(11)9-12-10-15-8-6-13-12/h11-13H,2-10H2,1H3. The van der Waals surface area contributed by atoms with Crippen molar-refractivity contribution in [3.63, 3.8) is 0 Å². The second kappa shape index (κ2) is 6.12. The van der Waals surface area contributed by atoms with Gasteiger partial charge in [-0.2, -0.15) is 11.8 Å². The van der Waals surface area contributed by atoms with Crippen LogP contribution in [0, 0.1) is 0 Å². The van der Waals surface area contributed by atoms with Crippen LogP contribution in [-0.2, 0) is 0 Å². The first-order valence-electron chi connectivity index (χ1n) is 6.41. The number of thioether (sulfide) groups is 1. The molecule has 0 radical (unpaired) electrons. The minimum atomic E-state index is 0.740. The molecule has 15 heavy (non-hydrogen) atoms. The van der Waals surface area contributed by atoms with Crippen LogP contribution in [0.2, 0.25) is 0 Å². The lowest BCUT2D eigenvalue weighted by Crippen LogP contribution is -2.48. The van der Waals surface area contributed by atoms with Crippen LogP contribution >= 0.6 is 11.8 Å². The summed E-state index contributed by atoms with van der Waals surface area (Å²) in [6.07, 6.45) is 5.68. The Hall–Kier alpha value is 0.270. The molecule has 2 saturated heterocycles. The van der Waals surface area contributed by atoms with Gasteiger partial charge in [0.1, 0.15) is 0 Å². The summed E-state index contributed by atoms with van der Waals surface area (Å²) in [5, 5.41) is 3.64. The smallest absolute Gasteiger partial charge is 0.0286 e. The van der Waals surface area contributed by atoms with Crippen molar-refractivity contribution in [2.75, 3.05) is 31.1 Å². The summed E-state index contributed by atoms with van der Waals surface area (Å²) in [6, 6.07) is 1.55. The van der Waals surface area contributed by atoms with Crippen molar-refractivity contribution in [2.45, 2.75) is 44.7 Å². The second-order valence-electron chi connectivity index (χ2n) is 4.92. The number of hydrogen-bond donors (Lipinski definition) is 1. The first-order valence-corrected chi connectivity index (χ1v) is 7.57. The summed E-state index contributed by atoms with van der Waals surface area (Å²) in [5.41, 5.74) is 0. The third-order valence-electron chi connectivity index (χ3n) is 3.64. The maximum atomic E-state index is 3.64. The van der Waals surface area contributed by atoms with Gasteiger partial charge in [0.05, 0.1) is 0 Å². The lowest BCUT2D eigenvalue weighted by Gasteiger charge is -2.33. The molecule has 2 unspecified atom stereocenters. The number of rotatable bonds is 2. The quantitative estimate of drug-likeness (QED) is 0.778. The highest BCUT2D eigenvalue weighted by Gasteiger charge is 2.21. The molecule has 0 amide bonds. The molecular weight excluding hydrogens is 204 g/mol. The molecule has 2 nitrogen and oxygen atoms in total. The summed E-state index contributed by atoms with van der Waals surface area (Å²) in [7, 11) is 0. The first-order chi connectivity index (χ1) is 7.36. The van der Waals surface area contributed by atoms with Gasteiger partial charge in [-0.25, -0.2) is 0 Å². The van der Waals surface area contributed by atoms with Crippen molar-refractivity contribution >= 4 is 11.8 Å². The minimum Gasteiger partial charge on any atom is -0.311 e. The molecule has 0 saturated carbocycles. The Kier molecular flexibility index (Phi) is 4.79. The zero-order valence-corrected chi connectivity index (χ0v) is 10.7. The molecule has 2 atom stereocenters. The van der Waals surface area contributed by atoms with E-state index in [-0.39, 0.29) is 0 Å². The fraction of sp³-hybridized carbons (Fsp3) is 1.00. The van der Waals surface area contributed by atoms with Gasteiger partial charge in [-0.15, -0.1) is 0 Å². The summed E-state index contributed by atoms with van der Waals surface area (Å²) in [5.74, 6) is 2.61. The molecule has 0 aliphatic carbocycles. The molecule has 0 spiro atoms.